The Morgan fingerprint density at radius 2 is 2.15 bits per heavy atom. The molecule has 0 fully saturated rings. The van der Waals surface area contributed by atoms with E-state index in [2.05, 4.69) is 23.9 Å². The maximum atomic E-state index is 11.9. The molecule has 1 heterocycles. The van der Waals surface area contributed by atoms with Crippen LogP contribution in [0.15, 0.2) is 30.6 Å². The topological polar surface area (TPSA) is 83.0 Å². The van der Waals surface area contributed by atoms with Gasteiger partial charge in [-0.15, -0.1) is 0 Å². The van der Waals surface area contributed by atoms with Crippen LogP contribution in [0.25, 0.3) is 0 Å². The van der Waals surface area contributed by atoms with Crippen LogP contribution < -0.4 is 5.73 Å². The van der Waals surface area contributed by atoms with Gasteiger partial charge in [0.1, 0.15) is 6.33 Å². The minimum absolute atomic E-state index is 0.0832. The second kappa shape index (κ2) is 6.18. The normalized spacial score (nSPS) is 10.8. The summed E-state index contributed by atoms with van der Waals surface area (Å²) >= 11 is 0. The smallest absolute Gasteiger partial charge is 0.340 e. The SMILES string of the molecule is CC(C)Cn1ncnc1COC(=O)c1ccccc1N. The van der Waals surface area contributed by atoms with Gasteiger partial charge < -0.3 is 10.5 Å². The number of carbonyl (C=O) groups is 1. The van der Waals surface area contributed by atoms with Crippen molar-refractivity contribution in [3.63, 3.8) is 0 Å². The maximum Gasteiger partial charge on any atom is 0.340 e. The van der Waals surface area contributed by atoms with E-state index in [0.29, 0.717) is 23.0 Å². The molecule has 0 bridgehead atoms. The van der Waals surface area contributed by atoms with Crippen molar-refractivity contribution in [3.8, 4) is 0 Å². The lowest BCUT2D eigenvalue weighted by molar-refractivity contribution is 0.0457. The zero-order valence-electron chi connectivity index (χ0n) is 11.6. The van der Waals surface area contributed by atoms with Crippen molar-refractivity contribution in [2.75, 3.05) is 5.73 Å². The molecule has 0 radical (unpaired) electrons. The molecule has 0 saturated carbocycles. The van der Waals surface area contributed by atoms with Gasteiger partial charge in [-0.1, -0.05) is 26.0 Å². The Hall–Kier alpha value is -2.37. The number of para-hydroxylation sites is 1. The van der Waals surface area contributed by atoms with Crippen LogP contribution in [0.3, 0.4) is 0 Å². The van der Waals surface area contributed by atoms with E-state index in [9.17, 15) is 4.79 Å². The average molecular weight is 274 g/mol. The third kappa shape index (κ3) is 3.34. The molecular weight excluding hydrogens is 256 g/mol. The van der Waals surface area contributed by atoms with Crippen molar-refractivity contribution in [2.24, 2.45) is 5.92 Å². The lowest BCUT2D eigenvalue weighted by Crippen LogP contribution is -2.14. The lowest BCUT2D eigenvalue weighted by Gasteiger charge is -2.09. The van der Waals surface area contributed by atoms with E-state index in [4.69, 9.17) is 10.5 Å². The summed E-state index contributed by atoms with van der Waals surface area (Å²) in [6.07, 6.45) is 1.46. The van der Waals surface area contributed by atoms with E-state index in [-0.39, 0.29) is 6.61 Å². The fourth-order valence-corrected chi connectivity index (χ4v) is 1.79. The first-order valence-corrected chi connectivity index (χ1v) is 6.46. The third-order valence-electron chi connectivity index (χ3n) is 2.75. The fourth-order valence-electron chi connectivity index (χ4n) is 1.79. The van der Waals surface area contributed by atoms with Crippen LogP contribution >= 0.6 is 0 Å². The van der Waals surface area contributed by atoms with E-state index >= 15 is 0 Å². The highest BCUT2D eigenvalue weighted by molar-refractivity contribution is 5.94. The van der Waals surface area contributed by atoms with E-state index in [1.54, 1.807) is 28.9 Å². The second-order valence-corrected chi connectivity index (χ2v) is 4.92. The number of rotatable bonds is 5. The Morgan fingerprint density at radius 1 is 1.40 bits per heavy atom. The summed E-state index contributed by atoms with van der Waals surface area (Å²) in [5, 5.41) is 4.11. The number of carbonyl (C=O) groups excluding carboxylic acids is 1. The molecule has 0 unspecified atom stereocenters. The number of hydrogen-bond donors (Lipinski definition) is 1. The van der Waals surface area contributed by atoms with Gasteiger partial charge in [-0.05, 0) is 18.1 Å². The van der Waals surface area contributed by atoms with Crippen molar-refractivity contribution >= 4 is 11.7 Å². The summed E-state index contributed by atoms with van der Waals surface area (Å²) in [6, 6.07) is 6.81. The van der Waals surface area contributed by atoms with Crippen LogP contribution in [-0.4, -0.2) is 20.7 Å². The largest absolute Gasteiger partial charge is 0.454 e. The summed E-state index contributed by atoms with van der Waals surface area (Å²) in [7, 11) is 0. The molecule has 0 spiro atoms. The molecule has 1 aromatic heterocycles. The minimum atomic E-state index is -0.456. The molecule has 2 N–H and O–H groups in total. The molecule has 0 atom stereocenters. The number of nitrogen functional groups attached to an aromatic ring is 1. The number of aromatic nitrogens is 3. The van der Waals surface area contributed by atoms with Crippen LogP contribution in [0.5, 0.6) is 0 Å². The summed E-state index contributed by atoms with van der Waals surface area (Å²) < 4.78 is 6.98. The van der Waals surface area contributed by atoms with Gasteiger partial charge in [0, 0.05) is 12.2 Å². The number of benzene rings is 1. The highest BCUT2D eigenvalue weighted by Crippen LogP contribution is 2.13. The predicted molar refractivity (Wildman–Crippen MR) is 74.8 cm³/mol. The quantitative estimate of drug-likeness (QED) is 0.664. The van der Waals surface area contributed by atoms with E-state index in [0.717, 1.165) is 6.54 Å². The number of hydrogen-bond acceptors (Lipinski definition) is 5. The zero-order chi connectivity index (χ0) is 14.5. The van der Waals surface area contributed by atoms with Gasteiger partial charge in [-0.2, -0.15) is 5.10 Å². The van der Waals surface area contributed by atoms with Crippen LogP contribution in [0.4, 0.5) is 5.69 Å². The minimum Gasteiger partial charge on any atom is -0.454 e. The Bertz CT molecular complexity index is 592. The van der Waals surface area contributed by atoms with Gasteiger partial charge in [0.25, 0.3) is 0 Å². The van der Waals surface area contributed by atoms with Crippen LogP contribution in [-0.2, 0) is 17.9 Å². The monoisotopic (exact) mass is 274 g/mol. The zero-order valence-corrected chi connectivity index (χ0v) is 11.6. The van der Waals surface area contributed by atoms with Gasteiger partial charge in [0.15, 0.2) is 12.4 Å². The molecule has 0 amide bonds. The second-order valence-electron chi connectivity index (χ2n) is 4.92. The summed E-state index contributed by atoms with van der Waals surface area (Å²) in [4.78, 5) is 16.0. The molecule has 20 heavy (non-hydrogen) atoms. The number of esters is 1. The van der Waals surface area contributed by atoms with Crippen molar-refractivity contribution in [1.29, 1.82) is 0 Å². The third-order valence-corrected chi connectivity index (χ3v) is 2.75. The van der Waals surface area contributed by atoms with Crippen LogP contribution in [0.1, 0.15) is 30.0 Å². The van der Waals surface area contributed by atoms with Gasteiger partial charge >= 0.3 is 5.97 Å². The Balaban J connectivity index is 2.01. The molecule has 0 saturated heterocycles. The summed E-state index contributed by atoms with van der Waals surface area (Å²) in [5.74, 6) is 0.611. The first-order valence-electron chi connectivity index (χ1n) is 6.46. The molecule has 1 aromatic carbocycles. The fraction of sp³-hybridized carbons (Fsp3) is 0.357. The molecule has 0 aliphatic rings. The molecule has 106 valence electrons. The van der Waals surface area contributed by atoms with Gasteiger partial charge in [0.05, 0.1) is 5.56 Å². The Kier molecular flexibility index (Phi) is 4.34. The number of ether oxygens (including phenoxy) is 1. The first-order chi connectivity index (χ1) is 9.58. The Labute approximate surface area is 117 Å². The molecule has 2 rings (SSSR count). The average Bonchev–Trinajstić information content (AvgIpc) is 2.83. The highest BCUT2D eigenvalue weighted by atomic mass is 16.5. The number of nitrogens with two attached hydrogens (primary N) is 1. The van der Waals surface area contributed by atoms with Crippen molar-refractivity contribution in [1.82, 2.24) is 14.8 Å². The molecule has 0 aliphatic heterocycles. The Morgan fingerprint density at radius 3 is 2.85 bits per heavy atom. The maximum absolute atomic E-state index is 11.9. The van der Waals surface area contributed by atoms with Crippen molar-refractivity contribution < 1.29 is 9.53 Å². The highest BCUT2D eigenvalue weighted by Gasteiger charge is 2.13. The van der Waals surface area contributed by atoms with E-state index in [1.807, 2.05) is 0 Å². The van der Waals surface area contributed by atoms with Crippen molar-refractivity contribution in [2.45, 2.75) is 27.0 Å². The number of anilines is 1. The van der Waals surface area contributed by atoms with Gasteiger partial charge in [-0.3, -0.25) is 0 Å². The molecule has 6 heteroatoms. The van der Waals surface area contributed by atoms with Crippen LogP contribution in [0.2, 0.25) is 0 Å². The lowest BCUT2D eigenvalue weighted by atomic mass is 10.2. The molecule has 0 aliphatic carbocycles. The first kappa shape index (κ1) is 14.0. The van der Waals surface area contributed by atoms with E-state index < -0.39 is 5.97 Å². The molecular formula is C14H18N4O2. The van der Waals surface area contributed by atoms with Crippen LogP contribution in [0, 0.1) is 5.92 Å². The number of nitrogens with zero attached hydrogens (tertiary/aromatic N) is 3. The predicted octanol–water partition coefficient (Wildman–Crippen LogP) is 1.87. The van der Waals surface area contributed by atoms with E-state index in [1.165, 1.54) is 6.33 Å². The standard InChI is InChI=1S/C14H18N4O2/c1-10(2)7-18-13(16-9-17-18)8-20-14(19)11-5-3-4-6-12(11)15/h3-6,9-10H,7-8,15H2,1-2H3. The van der Waals surface area contributed by atoms with Crippen molar-refractivity contribution in [3.05, 3.63) is 42.0 Å². The van der Waals surface area contributed by atoms with Gasteiger partial charge in [-0.25, -0.2) is 14.5 Å². The summed E-state index contributed by atoms with van der Waals surface area (Å²) in [5.41, 5.74) is 6.50. The molecule has 6 nitrogen and oxygen atoms in total. The van der Waals surface area contributed by atoms with Gasteiger partial charge in [0.2, 0.25) is 0 Å². The summed E-state index contributed by atoms with van der Waals surface area (Å²) in [6.45, 7) is 4.99. The molecule has 2 aromatic rings.